The van der Waals surface area contributed by atoms with Crippen molar-refractivity contribution in [3.63, 3.8) is 0 Å². The van der Waals surface area contributed by atoms with Crippen LogP contribution in [0.2, 0.25) is 0 Å². The summed E-state index contributed by atoms with van der Waals surface area (Å²) in [7, 11) is -2.58. The molecular weight excluding hydrogens is 175 g/mol. The maximum absolute atomic E-state index is 10.6. The van der Waals surface area contributed by atoms with Crippen LogP contribution < -0.4 is 4.74 Å². The molecule has 3 nitrogen and oxygen atoms in total. The third-order valence-electron chi connectivity index (χ3n) is 1.40. The predicted octanol–water partition coefficient (Wildman–Crippen LogP) is 1.88. The summed E-state index contributed by atoms with van der Waals surface area (Å²) in [6.45, 7) is 1.58. The molecule has 4 heteroatoms. The van der Waals surface area contributed by atoms with Crippen LogP contribution in [-0.2, 0) is 4.57 Å². The summed E-state index contributed by atoms with van der Waals surface area (Å²) in [5, 5.41) is 0. The van der Waals surface area contributed by atoms with E-state index in [4.69, 9.17) is 9.63 Å². The molecule has 0 saturated heterocycles. The average molecular weight is 186 g/mol. The summed E-state index contributed by atoms with van der Waals surface area (Å²) in [5.41, 5.74) is 0. The lowest BCUT2D eigenvalue weighted by Gasteiger charge is -2.10. The summed E-state index contributed by atoms with van der Waals surface area (Å²) in [6, 6.07) is 9.00. The molecule has 0 saturated carbocycles. The fourth-order valence-corrected chi connectivity index (χ4v) is 0.990. The maximum Gasteiger partial charge on any atom is 0.228 e. The second-order valence-electron chi connectivity index (χ2n) is 2.41. The summed E-state index contributed by atoms with van der Waals surface area (Å²) in [6.07, 6.45) is 0. The molecule has 2 atom stereocenters. The van der Waals surface area contributed by atoms with E-state index in [1.54, 1.807) is 19.1 Å². The van der Waals surface area contributed by atoms with Gasteiger partial charge in [-0.15, -0.1) is 0 Å². The van der Waals surface area contributed by atoms with E-state index < -0.39 is 13.9 Å². The van der Waals surface area contributed by atoms with Crippen LogP contribution in [0.1, 0.15) is 6.92 Å². The smallest absolute Gasteiger partial charge is 0.228 e. The van der Waals surface area contributed by atoms with Crippen LogP contribution in [0.15, 0.2) is 30.3 Å². The SMILES string of the molecule is CC(Oc1ccccc1)[PH](=O)O. The molecule has 12 heavy (non-hydrogen) atoms. The molecule has 0 aliphatic carbocycles. The van der Waals surface area contributed by atoms with Gasteiger partial charge >= 0.3 is 0 Å². The molecule has 0 aliphatic rings. The Morgan fingerprint density at radius 1 is 1.42 bits per heavy atom. The van der Waals surface area contributed by atoms with E-state index in [9.17, 15) is 4.57 Å². The van der Waals surface area contributed by atoms with Gasteiger partial charge < -0.3 is 9.63 Å². The van der Waals surface area contributed by atoms with Crippen LogP contribution >= 0.6 is 8.03 Å². The molecule has 0 radical (unpaired) electrons. The first-order valence-corrected chi connectivity index (χ1v) is 5.08. The third-order valence-corrected chi connectivity index (χ3v) is 2.22. The maximum atomic E-state index is 10.6. The van der Waals surface area contributed by atoms with Crippen molar-refractivity contribution in [2.45, 2.75) is 12.8 Å². The minimum atomic E-state index is -2.58. The average Bonchev–Trinajstić information content (AvgIpc) is 2.06. The standard InChI is InChI=1S/C8H11O3P/c1-7(12(9)10)11-8-5-3-2-4-6-8/h2-7,12H,1H3,(H,9,10). The van der Waals surface area contributed by atoms with Crippen molar-refractivity contribution < 1.29 is 14.2 Å². The number of para-hydroxylation sites is 1. The van der Waals surface area contributed by atoms with Crippen molar-refractivity contribution in [1.29, 1.82) is 0 Å². The van der Waals surface area contributed by atoms with Gasteiger partial charge in [-0.1, -0.05) is 18.2 Å². The van der Waals surface area contributed by atoms with E-state index in [2.05, 4.69) is 0 Å². The molecule has 0 amide bonds. The van der Waals surface area contributed by atoms with E-state index in [0.717, 1.165) is 0 Å². The van der Waals surface area contributed by atoms with Gasteiger partial charge in [0.25, 0.3) is 0 Å². The van der Waals surface area contributed by atoms with E-state index in [1.807, 2.05) is 18.2 Å². The second kappa shape index (κ2) is 4.29. The van der Waals surface area contributed by atoms with Gasteiger partial charge in [0.15, 0.2) is 5.85 Å². The van der Waals surface area contributed by atoms with Gasteiger partial charge in [-0.3, -0.25) is 4.57 Å². The van der Waals surface area contributed by atoms with Crippen molar-refractivity contribution >= 4 is 8.03 Å². The van der Waals surface area contributed by atoms with Crippen LogP contribution in [0.4, 0.5) is 0 Å². The van der Waals surface area contributed by atoms with E-state index in [1.165, 1.54) is 0 Å². The van der Waals surface area contributed by atoms with E-state index in [0.29, 0.717) is 5.75 Å². The van der Waals surface area contributed by atoms with Crippen molar-refractivity contribution in [2.75, 3.05) is 0 Å². The van der Waals surface area contributed by atoms with Crippen LogP contribution in [0.5, 0.6) is 5.75 Å². The zero-order chi connectivity index (χ0) is 8.97. The van der Waals surface area contributed by atoms with Crippen molar-refractivity contribution in [3.05, 3.63) is 30.3 Å². The summed E-state index contributed by atoms with van der Waals surface area (Å²) in [4.78, 5) is 8.70. The Hall–Kier alpha value is -0.790. The lowest BCUT2D eigenvalue weighted by molar-refractivity contribution is 0.280. The Morgan fingerprint density at radius 3 is 2.50 bits per heavy atom. The van der Waals surface area contributed by atoms with Crippen LogP contribution in [0.25, 0.3) is 0 Å². The Morgan fingerprint density at radius 2 is 2.00 bits per heavy atom. The molecule has 1 N–H and O–H groups in total. The molecule has 0 heterocycles. The highest BCUT2D eigenvalue weighted by atomic mass is 31.1. The van der Waals surface area contributed by atoms with Crippen molar-refractivity contribution in [2.24, 2.45) is 0 Å². The summed E-state index contributed by atoms with van der Waals surface area (Å²) in [5.74, 6) is 0.00907. The molecule has 0 spiro atoms. The molecule has 0 aromatic heterocycles. The molecule has 0 aliphatic heterocycles. The Labute approximate surface area is 71.9 Å². The van der Waals surface area contributed by atoms with Gasteiger partial charge in [0.2, 0.25) is 8.03 Å². The van der Waals surface area contributed by atoms with Gasteiger partial charge in [-0.25, -0.2) is 0 Å². The van der Waals surface area contributed by atoms with E-state index in [-0.39, 0.29) is 0 Å². The van der Waals surface area contributed by atoms with Crippen molar-refractivity contribution in [3.8, 4) is 5.75 Å². The minimum absolute atomic E-state index is 0.614. The first-order valence-electron chi connectivity index (χ1n) is 3.64. The Balaban J connectivity index is 2.58. The van der Waals surface area contributed by atoms with E-state index >= 15 is 0 Å². The number of hydrogen-bond donors (Lipinski definition) is 1. The molecule has 2 unspecified atom stereocenters. The molecule has 1 aromatic rings. The van der Waals surface area contributed by atoms with Gasteiger partial charge in [0, 0.05) is 0 Å². The largest absolute Gasteiger partial charge is 0.481 e. The highest BCUT2D eigenvalue weighted by Crippen LogP contribution is 2.24. The van der Waals surface area contributed by atoms with Crippen molar-refractivity contribution in [1.82, 2.24) is 0 Å². The molecule has 0 fully saturated rings. The molecule has 1 aromatic carbocycles. The monoisotopic (exact) mass is 186 g/mol. The molecule has 1 rings (SSSR count). The highest BCUT2D eigenvalue weighted by Gasteiger charge is 2.07. The van der Waals surface area contributed by atoms with Gasteiger partial charge in [-0.05, 0) is 19.1 Å². The number of benzene rings is 1. The zero-order valence-electron chi connectivity index (χ0n) is 6.73. The Bertz CT molecular complexity index is 260. The lowest BCUT2D eigenvalue weighted by atomic mass is 10.3. The van der Waals surface area contributed by atoms with Gasteiger partial charge in [-0.2, -0.15) is 0 Å². The fourth-order valence-electron chi connectivity index (χ4n) is 0.754. The summed E-state index contributed by atoms with van der Waals surface area (Å²) < 4.78 is 15.7. The number of hydrogen-bond acceptors (Lipinski definition) is 2. The Kier molecular flexibility index (Phi) is 3.32. The highest BCUT2D eigenvalue weighted by molar-refractivity contribution is 7.38. The normalized spacial score (nSPS) is 15.2. The molecular formula is C8H11O3P. The number of ether oxygens (including phenoxy) is 1. The first-order chi connectivity index (χ1) is 5.70. The predicted molar refractivity (Wildman–Crippen MR) is 47.8 cm³/mol. The first kappa shape index (κ1) is 9.30. The van der Waals surface area contributed by atoms with Gasteiger partial charge in [0.05, 0.1) is 0 Å². The zero-order valence-corrected chi connectivity index (χ0v) is 7.73. The second-order valence-corrected chi connectivity index (χ2v) is 3.90. The molecule has 66 valence electrons. The van der Waals surface area contributed by atoms with Crippen LogP contribution in [0.3, 0.4) is 0 Å². The topological polar surface area (TPSA) is 46.5 Å². The fraction of sp³-hybridized carbons (Fsp3) is 0.250. The van der Waals surface area contributed by atoms with Gasteiger partial charge in [0.1, 0.15) is 5.75 Å². The summed E-state index contributed by atoms with van der Waals surface area (Å²) >= 11 is 0. The molecule has 0 bridgehead atoms. The van der Waals surface area contributed by atoms with Crippen LogP contribution in [0, 0.1) is 0 Å². The lowest BCUT2D eigenvalue weighted by Crippen LogP contribution is -2.05. The number of rotatable bonds is 3. The third kappa shape index (κ3) is 2.68. The minimum Gasteiger partial charge on any atom is -0.481 e. The quantitative estimate of drug-likeness (QED) is 0.733. The van der Waals surface area contributed by atoms with Crippen LogP contribution in [-0.4, -0.2) is 10.7 Å².